The largest absolute Gasteiger partial charge is 0.242 e. The van der Waals surface area contributed by atoms with E-state index >= 15 is 0 Å². The van der Waals surface area contributed by atoms with Crippen LogP contribution in [0.1, 0.15) is 36.1 Å². The normalized spacial score (nSPS) is 18.2. The maximum atomic E-state index is 13.3. The van der Waals surface area contributed by atoms with Crippen molar-refractivity contribution in [2.24, 2.45) is 0 Å². The monoisotopic (exact) mass is 910 g/mol. The second-order valence-corrected chi connectivity index (χ2v) is 16.1. The van der Waals surface area contributed by atoms with E-state index < -0.39 is 32.1 Å². The number of halogens is 6. The molecular formula is C22H16Br6N2O4S2. The molecule has 0 spiro atoms. The highest BCUT2D eigenvalue weighted by Gasteiger charge is 2.34. The lowest BCUT2D eigenvalue weighted by molar-refractivity contribution is 0.442. The molecule has 14 heteroatoms. The minimum atomic E-state index is -3.88. The highest BCUT2D eigenvalue weighted by atomic mass is 79.9. The van der Waals surface area contributed by atoms with Crippen molar-refractivity contribution in [1.82, 2.24) is 9.44 Å². The van der Waals surface area contributed by atoms with Gasteiger partial charge in [-0.15, -0.1) is 0 Å². The van der Waals surface area contributed by atoms with Crippen molar-refractivity contribution in [2.45, 2.75) is 34.7 Å². The zero-order valence-electron chi connectivity index (χ0n) is 17.9. The number of hydrogen-bond acceptors (Lipinski definition) is 4. The lowest BCUT2D eigenvalue weighted by Gasteiger charge is -2.32. The summed E-state index contributed by atoms with van der Waals surface area (Å²) in [6.45, 7) is 0. The summed E-state index contributed by atoms with van der Waals surface area (Å²) in [5.74, 6) is 0. The first-order valence-corrected chi connectivity index (χ1v) is 18.0. The van der Waals surface area contributed by atoms with E-state index in [1.54, 1.807) is 12.1 Å². The number of hydrogen-bond donors (Lipinski definition) is 2. The second-order valence-electron chi connectivity index (χ2n) is 7.90. The summed E-state index contributed by atoms with van der Waals surface area (Å²) in [4.78, 5) is 0.201. The van der Waals surface area contributed by atoms with E-state index in [2.05, 4.69) is 105 Å². The quantitative estimate of drug-likeness (QED) is 0.245. The Morgan fingerprint density at radius 3 is 1.28 bits per heavy atom. The molecule has 0 saturated carbocycles. The maximum Gasteiger partial charge on any atom is 0.242 e. The zero-order chi connectivity index (χ0) is 26.4. The van der Waals surface area contributed by atoms with Gasteiger partial charge in [-0.05, 0) is 144 Å². The first-order valence-electron chi connectivity index (χ1n) is 10.2. The lowest BCUT2D eigenvalue weighted by Crippen LogP contribution is -2.37. The summed E-state index contributed by atoms with van der Waals surface area (Å²) in [5.41, 5.74) is 1.45. The fourth-order valence-electron chi connectivity index (χ4n) is 3.97. The Kier molecular flexibility index (Phi) is 9.34. The van der Waals surface area contributed by atoms with Crippen LogP contribution in [-0.4, -0.2) is 16.8 Å². The molecule has 6 nitrogen and oxygen atoms in total. The highest BCUT2D eigenvalue weighted by Crippen LogP contribution is 2.41. The molecule has 0 saturated heterocycles. The smallest absolute Gasteiger partial charge is 0.207 e. The summed E-state index contributed by atoms with van der Waals surface area (Å²) in [7, 11) is -7.77. The number of nitrogens with one attached hydrogen (secondary N) is 2. The minimum Gasteiger partial charge on any atom is -0.207 e. The van der Waals surface area contributed by atoms with Crippen LogP contribution < -0.4 is 9.44 Å². The zero-order valence-corrected chi connectivity index (χ0v) is 29.1. The summed E-state index contributed by atoms with van der Waals surface area (Å²) < 4.78 is 62.2. The molecule has 1 aliphatic carbocycles. The number of sulfonamides is 2. The third kappa shape index (κ3) is 5.92. The molecule has 0 bridgehead atoms. The minimum absolute atomic E-state index is 0.101. The van der Waals surface area contributed by atoms with Crippen molar-refractivity contribution in [3.8, 4) is 0 Å². The third-order valence-corrected chi connectivity index (χ3v) is 16.0. The standard InChI is InChI=1S/C22H16Br6N2O4S2/c23-13-5-9-17(21(27)19(13)25)35(31,32)29-15-7-8-16(12-4-2-1-3-11(12)15)30-36(33,34)18-10-6-14(24)20(26)22(18)28/h1-6,9-10,15-16,29-30H,7-8H2. The molecule has 192 valence electrons. The van der Waals surface area contributed by atoms with Crippen LogP contribution in [-0.2, 0) is 20.0 Å². The van der Waals surface area contributed by atoms with Crippen LogP contribution in [0.15, 0.2) is 85.2 Å². The van der Waals surface area contributed by atoms with Gasteiger partial charge in [0.1, 0.15) is 0 Å². The average molecular weight is 916 g/mol. The Hall–Kier alpha value is 0.360. The maximum absolute atomic E-state index is 13.3. The van der Waals surface area contributed by atoms with Gasteiger partial charge in [0.05, 0.1) is 18.7 Å². The number of fused-ring (bicyclic) bond motifs is 1. The molecule has 1 aliphatic rings. The van der Waals surface area contributed by atoms with Crippen molar-refractivity contribution in [1.29, 1.82) is 0 Å². The SMILES string of the molecule is O=S(=O)(NC1CCC(NS(=O)(=O)c2ccc(Br)c(Br)c2Br)c2ccccc21)c1ccc(Br)c(Br)c1Br. The van der Waals surface area contributed by atoms with Gasteiger partial charge in [-0.3, -0.25) is 0 Å². The Labute approximate surface area is 260 Å². The van der Waals surface area contributed by atoms with Gasteiger partial charge in [-0.1, -0.05) is 24.3 Å². The second kappa shape index (κ2) is 11.5. The molecule has 0 amide bonds. The molecule has 36 heavy (non-hydrogen) atoms. The van der Waals surface area contributed by atoms with Crippen LogP contribution in [0.5, 0.6) is 0 Å². The Morgan fingerprint density at radius 2 is 0.917 bits per heavy atom. The van der Waals surface area contributed by atoms with Crippen LogP contribution in [0.2, 0.25) is 0 Å². The molecule has 2 N–H and O–H groups in total. The Morgan fingerprint density at radius 1 is 0.556 bits per heavy atom. The van der Waals surface area contributed by atoms with E-state index in [0.717, 1.165) is 20.1 Å². The van der Waals surface area contributed by atoms with Gasteiger partial charge in [0.15, 0.2) is 0 Å². The Balaban J connectivity index is 1.64. The third-order valence-electron chi connectivity index (χ3n) is 5.66. The van der Waals surface area contributed by atoms with Crippen molar-refractivity contribution in [2.75, 3.05) is 0 Å². The molecule has 3 aromatic rings. The average Bonchev–Trinajstić information content (AvgIpc) is 2.82. The molecule has 3 aromatic carbocycles. The van der Waals surface area contributed by atoms with Crippen LogP contribution in [0.3, 0.4) is 0 Å². The molecule has 0 fully saturated rings. The molecular weight excluding hydrogens is 900 g/mol. The summed E-state index contributed by atoms with van der Waals surface area (Å²) in [6.07, 6.45) is 0.813. The number of benzene rings is 3. The molecule has 4 rings (SSSR count). The molecule has 0 aromatic heterocycles. The number of rotatable bonds is 6. The van der Waals surface area contributed by atoms with E-state index in [0.29, 0.717) is 30.7 Å². The topological polar surface area (TPSA) is 92.3 Å². The van der Waals surface area contributed by atoms with Gasteiger partial charge in [-0.2, -0.15) is 0 Å². The van der Waals surface area contributed by atoms with Crippen molar-refractivity contribution in [3.05, 3.63) is 86.5 Å². The van der Waals surface area contributed by atoms with Gasteiger partial charge in [-0.25, -0.2) is 26.3 Å². The molecule has 2 atom stereocenters. The van der Waals surface area contributed by atoms with Gasteiger partial charge in [0.2, 0.25) is 20.0 Å². The first-order chi connectivity index (χ1) is 16.8. The molecule has 2 unspecified atom stereocenters. The summed E-state index contributed by atoms with van der Waals surface area (Å²) >= 11 is 20.2. The molecule has 0 radical (unpaired) electrons. The van der Waals surface area contributed by atoms with Crippen molar-refractivity contribution in [3.63, 3.8) is 0 Å². The van der Waals surface area contributed by atoms with Crippen LogP contribution in [0.25, 0.3) is 0 Å². The van der Waals surface area contributed by atoms with Crippen molar-refractivity contribution < 1.29 is 16.8 Å². The molecule has 0 heterocycles. The van der Waals surface area contributed by atoms with E-state index in [1.807, 2.05) is 24.3 Å². The van der Waals surface area contributed by atoms with Crippen LogP contribution in [0.4, 0.5) is 0 Å². The Bertz CT molecular complexity index is 1450. The fourth-order valence-corrected chi connectivity index (χ4v) is 10.7. The molecule has 0 aliphatic heterocycles. The van der Waals surface area contributed by atoms with E-state index in [1.165, 1.54) is 12.1 Å². The van der Waals surface area contributed by atoms with Crippen molar-refractivity contribution >= 4 is 116 Å². The first kappa shape index (κ1) is 29.3. The summed E-state index contributed by atoms with van der Waals surface area (Å²) in [6, 6.07) is 12.6. The van der Waals surface area contributed by atoms with E-state index in [9.17, 15) is 16.8 Å². The lowest BCUT2D eigenvalue weighted by atomic mass is 9.85. The van der Waals surface area contributed by atoms with Crippen LogP contribution >= 0.6 is 95.6 Å². The highest BCUT2D eigenvalue weighted by molar-refractivity contribution is 9.15. The predicted octanol–water partition coefficient (Wildman–Crippen LogP) is 8.09. The van der Waals surface area contributed by atoms with E-state index in [-0.39, 0.29) is 9.79 Å². The van der Waals surface area contributed by atoms with Gasteiger partial charge in [0.25, 0.3) is 0 Å². The van der Waals surface area contributed by atoms with Crippen LogP contribution in [0, 0.1) is 0 Å². The predicted molar refractivity (Wildman–Crippen MR) is 161 cm³/mol. The van der Waals surface area contributed by atoms with Gasteiger partial charge in [0, 0.05) is 30.0 Å². The van der Waals surface area contributed by atoms with Gasteiger partial charge >= 0.3 is 0 Å². The fraction of sp³-hybridized carbons (Fsp3) is 0.182. The van der Waals surface area contributed by atoms with Gasteiger partial charge < -0.3 is 0 Å². The van der Waals surface area contributed by atoms with E-state index in [4.69, 9.17) is 0 Å². The summed E-state index contributed by atoms with van der Waals surface area (Å²) in [5, 5.41) is 0.